The van der Waals surface area contributed by atoms with E-state index in [2.05, 4.69) is 27.7 Å². The van der Waals surface area contributed by atoms with Crippen LogP contribution < -0.4 is 10.6 Å². The molecule has 0 aliphatic carbocycles. The van der Waals surface area contributed by atoms with E-state index in [0.717, 1.165) is 30.2 Å². The summed E-state index contributed by atoms with van der Waals surface area (Å²) in [6.07, 6.45) is 1.05. The van der Waals surface area contributed by atoms with E-state index in [9.17, 15) is 4.79 Å². The number of rotatable bonds is 6. The lowest BCUT2D eigenvalue weighted by atomic mass is 10.1. The van der Waals surface area contributed by atoms with E-state index in [-0.39, 0.29) is 12.1 Å². The number of thioether (sulfide) groups is 1. The van der Waals surface area contributed by atoms with Crippen molar-refractivity contribution in [3.63, 3.8) is 0 Å². The lowest BCUT2D eigenvalue weighted by Gasteiger charge is -2.26. The minimum absolute atomic E-state index is 0.175. The first-order chi connectivity index (χ1) is 12.6. The number of hydrogen-bond donors (Lipinski definition) is 2. The maximum absolute atomic E-state index is 12.1. The van der Waals surface area contributed by atoms with E-state index in [0.29, 0.717) is 0 Å². The third-order valence-electron chi connectivity index (χ3n) is 4.57. The fourth-order valence-electron chi connectivity index (χ4n) is 2.99. The lowest BCUT2D eigenvalue weighted by molar-refractivity contribution is 0.247. The molecule has 1 aliphatic rings. The van der Waals surface area contributed by atoms with Crippen LogP contribution in [0, 0.1) is 6.92 Å². The van der Waals surface area contributed by atoms with Crippen molar-refractivity contribution < 1.29 is 9.21 Å². The first-order valence-electron chi connectivity index (χ1n) is 9.13. The maximum atomic E-state index is 12.1. The maximum Gasteiger partial charge on any atom is 0.319 e. The van der Waals surface area contributed by atoms with Crippen molar-refractivity contribution in [2.45, 2.75) is 26.3 Å². The van der Waals surface area contributed by atoms with Crippen molar-refractivity contribution in [2.24, 2.45) is 0 Å². The summed E-state index contributed by atoms with van der Waals surface area (Å²) in [6, 6.07) is 11.5. The molecular weight excluding hydrogens is 346 g/mol. The highest BCUT2D eigenvalue weighted by Gasteiger charge is 2.13. The molecule has 2 heterocycles. The standard InChI is InChI=1S/C20H27N3O2S/c1-15-3-8-19(25-15)16(2)21-20(24)22-18-6-4-17(5-7-18)9-10-23-11-13-26-14-12-23/h3-8,16H,9-14H2,1-2H3,(H2,21,22,24). The van der Waals surface area contributed by atoms with Gasteiger partial charge >= 0.3 is 6.03 Å². The largest absolute Gasteiger partial charge is 0.464 e. The summed E-state index contributed by atoms with van der Waals surface area (Å²) < 4.78 is 5.54. The molecule has 140 valence electrons. The Hall–Kier alpha value is -1.92. The fraction of sp³-hybridized carbons (Fsp3) is 0.450. The second-order valence-electron chi connectivity index (χ2n) is 6.67. The van der Waals surface area contributed by atoms with Crippen molar-refractivity contribution in [1.82, 2.24) is 10.2 Å². The van der Waals surface area contributed by atoms with Gasteiger partial charge in [0.15, 0.2) is 0 Å². The second kappa shape index (κ2) is 9.14. The van der Waals surface area contributed by atoms with Gasteiger partial charge in [0.25, 0.3) is 0 Å². The molecule has 1 aromatic heterocycles. The number of aryl methyl sites for hydroxylation is 1. The molecule has 5 nitrogen and oxygen atoms in total. The van der Waals surface area contributed by atoms with Gasteiger partial charge in [-0.1, -0.05) is 12.1 Å². The first-order valence-corrected chi connectivity index (χ1v) is 10.3. The van der Waals surface area contributed by atoms with E-state index >= 15 is 0 Å². The van der Waals surface area contributed by atoms with Gasteiger partial charge in [-0.25, -0.2) is 4.79 Å². The molecule has 1 aromatic carbocycles. The highest BCUT2D eigenvalue weighted by atomic mass is 32.2. The number of amides is 2. The van der Waals surface area contributed by atoms with E-state index < -0.39 is 0 Å². The highest BCUT2D eigenvalue weighted by Crippen LogP contribution is 2.16. The normalized spacial score (nSPS) is 16.2. The van der Waals surface area contributed by atoms with E-state index in [1.807, 2.05) is 49.9 Å². The Bertz CT molecular complexity index is 708. The van der Waals surface area contributed by atoms with Crippen LogP contribution in [0.15, 0.2) is 40.8 Å². The number of nitrogens with one attached hydrogen (secondary N) is 2. The van der Waals surface area contributed by atoms with Gasteiger partial charge in [0.2, 0.25) is 0 Å². The van der Waals surface area contributed by atoms with Crippen molar-refractivity contribution in [1.29, 1.82) is 0 Å². The van der Waals surface area contributed by atoms with Gasteiger partial charge in [-0.05, 0) is 50.1 Å². The van der Waals surface area contributed by atoms with Crippen LogP contribution in [0.25, 0.3) is 0 Å². The molecule has 1 fully saturated rings. The van der Waals surface area contributed by atoms with Gasteiger partial charge in [-0.3, -0.25) is 0 Å². The second-order valence-corrected chi connectivity index (χ2v) is 7.89. The molecule has 3 rings (SSSR count). The zero-order valence-electron chi connectivity index (χ0n) is 15.5. The van der Waals surface area contributed by atoms with Gasteiger partial charge in [-0.15, -0.1) is 0 Å². The first kappa shape index (κ1) is 18.9. The van der Waals surface area contributed by atoms with Crippen molar-refractivity contribution in [3.05, 3.63) is 53.5 Å². The number of hydrogen-bond acceptors (Lipinski definition) is 4. The number of carbonyl (C=O) groups excluding carboxylic acids is 1. The van der Waals surface area contributed by atoms with Gasteiger partial charge in [0, 0.05) is 36.8 Å². The van der Waals surface area contributed by atoms with Crippen LogP contribution in [-0.2, 0) is 6.42 Å². The summed E-state index contributed by atoms with van der Waals surface area (Å²) in [5.74, 6) is 4.08. The topological polar surface area (TPSA) is 57.5 Å². The van der Waals surface area contributed by atoms with E-state index in [1.54, 1.807) is 0 Å². The molecule has 0 bridgehead atoms. The van der Waals surface area contributed by atoms with Crippen molar-refractivity contribution in [2.75, 3.05) is 36.5 Å². The molecule has 1 atom stereocenters. The third-order valence-corrected chi connectivity index (χ3v) is 5.51. The number of nitrogens with zero attached hydrogens (tertiary/aromatic N) is 1. The molecule has 1 saturated heterocycles. The molecule has 1 unspecified atom stereocenters. The van der Waals surface area contributed by atoms with Crippen LogP contribution in [0.5, 0.6) is 0 Å². The van der Waals surface area contributed by atoms with Crippen LogP contribution >= 0.6 is 11.8 Å². The van der Waals surface area contributed by atoms with E-state index in [4.69, 9.17) is 4.42 Å². The Kier molecular flexibility index (Phi) is 6.63. The number of benzene rings is 1. The fourth-order valence-corrected chi connectivity index (χ4v) is 3.97. The third kappa shape index (κ3) is 5.54. The number of carbonyl (C=O) groups is 1. The van der Waals surface area contributed by atoms with Gasteiger partial charge in [0.05, 0.1) is 6.04 Å². The molecule has 2 aromatic rings. The minimum atomic E-state index is -0.231. The quantitative estimate of drug-likeness (QED) is 0.802. The monoisotopic (exact) mass is 373 g/mol. The minimum Gasteiger partial charge on any atom is -0.464 e. The zero-order chi connectivity index (χ0) is 18.4. The van der Waals surface area contributed by atoms with Crippen LogP contribution in [0.1, 0.15) is 30.0 Å². The molecule has 1 aliphatic heterocycles. The average Bonchev–Trinajstić information content (AvgIpc) is 3.08. The SMILES string of the molecule is Cc1ccc(C(C)NC(=O)Nc2ccc(CCN3CCSCC3)cc2)o1. The van der Waals surface area contributed by atoms with Gasteiger partial charge in [-0.2, -0.15) is 11.8 Å². The number of anilines is 1. The molecule has 2 amide bonds. The lowest BCUT2D eigenvalue weighted by Crippen LogP contribution is -2.34. The molecule has 0 saturated carbocycles. The predicted octanol–water partition coefficient (Wildman–Crippen LogP) is 4.06. The predicted molar refractivity (Wildman–Crippen MR) is 108 cm³/mol. The number of furan rings is 1. The Labute approximate surface area is 159 Å². The molecular formula is C20H27N3O2S. The Morgan fingerprint density at radius 3 is 2.58 bits per heavy atom. The van der Waals surface area contributed by atoms with Crippen LogP contribution in [0.3, 0.4) is 0 Å². The highest BCUT2D eigenvalue weighted by molar-refractivity contribution is 7.99. The Morgan fingerprint density at radius 2 is 1.92 bits per heavy atom. The summed E-state index contributed by atoms with van der Waals surface area (Å²) in [7, 11) is 0. The summed E-state index contributed by atoms with van der Waals surface area (Å²) in [5, 5.41) is 5.77. The van der Waals surface area contributed by atoms with Crippen molar-refractivity contribution >= 4 is 23.5 Å². The molecule has 26 heavy (non-hydrogen) atoms. The molecule has 2 N–H and O–H groups in total. The molecule has 0 radical (unpaired) electrons. The Balaban J connectivity index is 1.45. The number of urea groups is 1. The zero-order valence-corrected chi connectivity index (χ0v) is 16.3. The molecule has 6 heteroatoms. The molecule has 0 spiro atoms. The summed E-state index contributed by atoms with van der Waals surface area (Å²) in [4.78, 5) is 14.7. The summed E-state index contributed by atoms with van der Waals surface area (Å²) >= 11 is 2.04. The van der Waals surface area contributed by atoms with Crippen molar-refractivity contribution in [3.8, 4) is 0 Å². The average molecular weight is 374 g/mol. The van der Waals surface area contributed by atoms with Crippen LogP contribution in [0.2, 0.25) is 0 Å². The summed E-state index contributed by atoms with van der Waals surface area (Å²) in [5.41, 5.74) is 2.09. The van der Waals surface area contributed by atoms with Crippen LogP contribution in [0.4, 0.5) is 10.5 Å². The smallest absolute Gasteiger partial charge is 0.319 e. The van der Waals surface area contributed by atoms with Gasteiger partial charge in [0.1, 0.15) is 11.5 Å². The van der Waals surface area contributed by atoms with Crippen LogP contribution in [-0.4, -0.2) is 42.1 Å². The van der Waals surface area contributed by atoms with Gasteiger partial charge < -0.3 is 20.0 Å². The summed E-state index contributed by atoms with van der Waals surface area (Å²) in [6.45, 7) is 7.28. The Morgan fingerprint density at radius 1 is 1.19 bits per heavy atom. The van der Waals surface area contributed by atoms with E-state index in [1.165, 1.54) is 30.2 Å².